The van der Waals surface area contributed by atoms with E-state index in [-0.39, 0.29) is 23.5 Å². The highest BCUT2D eigenvalue weighted by atomic mass is 32.2. The number of carbonyl (C=O) groups excluding carboxylic acids is 1. The van der Waals surface area contributed by atoms with Gasteiger partial charge in [-0.2, -0.15) is 5.10 Å². The molecule has 0 bridgehead atoms. The van der Waals surface area contributed by atoms with E-state index in [0.717, 1.165) is 5.69 Å². The minimum Gasteiger partial charge on any atom is -0.339 e. The summed E-state index contributed by atoms with van der Waals surface area (Å²) in [5.41, 5.74) is 1.32. The molecule has 7 heteroatoms. The number of sulfone groups is 1. The topological polar surface area (TPSA) is 72.3 Å². The van der Waals surface area contributed by atoms with Crippen LogP contribution in [0.3, 0.4) is 0 Å². The van der Waals surface area contributed by atoms with E-state index in [2.05, 4.69) is 5.10 Å². The fourth-order valence-electron chi connectivity index (χ4n) is 2.65. The predicted molar refractivity (Wildman–Crippen MR) is 76.5 cm³/mol. The van der Waals surface area contributed by atoms with Crippen molar-refractivity contribution in [2.45, 2.75) is 33.2 Å². The van der Waals surface area contributed by atoms with Gasteiger partial charge < -0.3 is 4.90 Å². The minimum absolute atomic E-state index is 0.0420. The van der Waals surface area contributed by atoms with Crippen molar-refractivity contribution in [2.75, 3.05) is 24.6 Å². The van der Waals surface area contributed by atoms with E-state index in [0.29, 0.717) is 25.1 Å². The molecular formula is C13H21N3O3S. The van der Waals surface area contributed by atoms with Crippen molar-refractivity contribution >= 4 is 15.7 Å². The van der Waals surface area contributed by atoms with Crippen LogP contribution in [0.5, 0.6) is 0 Å². The lowest BCUT2D eigenvalue weighted by atomic mass is 10.2. The van der Waals surface area contributed by atoms with Gasteiger partial charge in [0.05, 0.1) is 29.3 Å². The molecule has 1 unspecified atom stereocenters. The molecule has 0 N–H and O–H groups in total. The first-order valence-electron chi connectivity index (χ1n) is 6.93. The summed E-state index contributed by atoms with van der Waals surface area (Å²) in [5.74, 6) is 0.282. The third kappa shape index (κ3) is 2.72. The van der Waals surface area contributed by atoms with Gasteiger partial charge in [0.15, 0.2) is 9.84 Å². The van der Waals surface area contributed by atoms with Gasteiger partial charge in [0.25, 0.3) is 5.91 Å². The number of hydrogen-bond acceptors (Lipinski definition) is 4. The van der Waals surface area contributed by atoms with Crippen LogP contribution in [0.4, 0.5) is 0 Å². The van der Waals surface area contributed by atoms with Gasteiger partial charge in [0.2, 0.25) is 0 Å². The van der Waals surface area contributed by atoms with E-state index in [9.17, 15) is 13.2 Å². The Kier molecular flexibility index (Phi) is 4.17. The van der Waals surface area contributed by atoms with Gasteiger partial charge in [0.1, 0.15) is 0 Å². The van der Waals surface area contributed by atoms with Gasteiger partial charge in [-0.15, -0.1) is 0 Å². The average Bonchev–Trinajstić information content (AvgIpc) is 2.93. The molecule has 1 aromatic rings. The molecule has 112 valence electrons. The van der Waals surface area contributed by atoms with Gasteiger partial charge in [-0.05, 0) is 27.2 Å². The Morgan fingerprint density at radius 1 is 1.45 bits per heavy atom. The van der Waals surface area contributed by atoms with Crippen LogP contribution in [-0.4, -0.2) is 53.6 Å². The highest BCUT2D eigenvalue weighted by molar-refractivity contribution is 7.91. The van der Waals surface area contributed by atoms with E-state index in [1.807, 2.05) is 20.8 Å². The number of hydrogen-bond donors (Lipinski definition) is 0. The summed E-state index contributed by atoms with van der Waals surface area (Å²) in [4.78, 5) is 14.1. The summed E-state index contributed by atoms with van der Waals surface area (Å²) < 4.78 is 24.8. The van der Waals surface area contributed by atoms with Crippen molar-refractivity contribution < 1.29 is 13.2 Å². The molecule has 0 radical (unpaired) electrons. The van der Waals surface area contributed by atoms with Crippen LogP contribution in [-0.2, 0) is 9.84 Å². The van der Waals surface area contributed by atoms with Crippen molar-refractivity contribution in [1.82, 2.24) is 14.7 Å². The standard InChI is InChI=1S/C13H21N3O3S/c1-4-15(5-2)13(17)12-8-14-16(10(12)3)11-6-7-20(18,19)9-11/h8,11H,4-7,9H2,1-3H3. The zero-order valence-corrected chi connectivity index (χ0v) is 13.0. The Labute approximate surface area is 119 Å². The second kappa shape index (κ2) is 5.55. The Morgan fingerprint density at radius 2 is 2.10 bits per heavy atom. The zero-order chi connectivity index (χ0) is 14.9. The average molecular weight is 299 g/mol. The van der Waals surface area contributed by atoms with Gasteiger partial charge in [-0.25, -0.2) is 8.42 Å². The summed E-state index contributed by atoms with van der Waals surface area (Å²) in [5, 5.41) is 4.24. The van der Waals surface area contributed by atoms with E-state index >= 15 is 0 Å². The zero-order valence-electron chi connectivity index (χ0n) is 12.2. The molecule has 1 aromatic heterocycles. The number of aromatic nitrogens is 2. The normalized spacial score (nSPS) is 21.1. The van der Waals surface area contributed by atoms with Gasteiger partial charge in [-0.1, -0.05) is 0 Å². The highest BCUT2D eigenvalue weighted by Crippen LogP contribution is 2.25. The molecule has 0 aromatic carbocycles. The Balaban J connectivity index is 2.26. The minimum atomic E-state index is -2.95. The van der Waals surface area contributed by atoms with E-state index in [4.69, 9.17) is 0 Å². The quantitative estimate of drug-likeness (QED) is 0.832. The largest absolute Gasteiger partial charge is 0.339 e. The molecule has 1 amide bonds. The first-order chi connectivity index (χ1) is 9.39. The third-order valence-electron chi connectivity index (χ3n) is 3.88. The van der Waals surface area contributed by atoms with Crippen LogP contribution in [0.25, 0.3) is 0 Å². The van der Waals surface area contributed by atoms with E-state index in [1.165, 1.54) is 0 Å². The fourth-order valence-corrected chi connectivity index (χ4v) is 4.34. The molecule has 20 heavy (non-hydrogen) atoms. The lowest BCUT2D eigenvalue weighted by Gasteiger charge is -2.18. The smallest absolute Gasteiger partial charge is 0.257 e. The molecule has 0 aliphatic carbocycles. The van der Waals surface area contributed by atoms with Crippen molar-refractivity contribution in [3.8, 4) is 0 Å². The second-order valence-electron chi connectivity index (χ2n) is 5.12. The van der Waals surface area contributed by atoms with Crippen LogP contribution in [0.15, 0.2) is 6.20 Å². The van der Waals surface area contributed by atoms with Crippen LogP contribution >= 0.6 is 0 Å². The summed E-state index contributed by atoms with van der Waals surface area (Å²) in [6.45, 7) is 7.00. The molecule has 0 saturated carbocycles. The molecule has 2 heterocycles. The molecule has 1 fully saturated rings. The van der Waals surface area contributed by atoms with Crippen molar-refractivity contribution in [3.63, 3.8) is 0 Å². The molecule has 1 saturated heterocycles. The number of amides is 1. The van der Waals surface area contributed by atoms with Crippen LogP contribution in [0, 0.1) is 6.92 Å². The third-order valence-corrected chi connectivity index (χ3v) is 5.63. The first-order valence-corrected chi connectivity index (χ1v) is 8.75. The molecule has 1 aliphatic heterocycles. The number of carbonyl (C=O) groups is 1. The number of nitrogens with zero attached hydrogens (tertiary/aromatic N) is 3. The fraction of sp³-hybridized carbons (Fsp3) is 0.692. The molecule has 6 nitrogen and oxygen atoms in total. The SMILES string of the molecule is CCN(CC)C(=O)c1cnn(C2CCS(=O)(=O)C2)c1C. The van der Waals surface area contributed by atoms with Crippen molar-refractivity contribution in [2.24, 2.45) is 0 Å². The molecule has 2 rings (SSSR count). The van der Waals surface area contributed by atoms with Crippen molar-refractivity contribution in [3.05, 3.63) is 17.5 Å². The van der Waals surface area contributed by atoms with Crippen LogP contribution < -0.4 is 0 Å². The molecule has 1 aliphatic rings. The Bertz CT molecular complexity index is 602. The Morgan fingerprint density at radius 3 is 2.60 bits per heavy atom. The predicted octanol–water partition coefficient (Wildman–Crippen LogP) is 1.03. The highest BCUT2D eigenvalue weighted by Gasteiger charge is 2.31. The summed E-state index contributed by atoms with van der Waals surface area (Å²) in [6, 6.07) is -0.141. The second-order valence-corrected chi connectivity index (χ2v) is 7.35. The van der Waals surface area contributed by atoms with Crippen molar-refractivity contribution in [1.29, 1.82) is 0 Å². The lowest BCUT2D eigenvalue weighted by Crippen LogP contribution is -2.30. The lowest BCUT2D eigenvalue weighted by molar-refractivity contribution is 0.0772. The maximum absolute atomic E-state index is 12.3. The Hall–Kier alpha value is -1.37. The molecule has 0 spiro atoms. The monoisotopic (exact) mass is 299 g/mol. The van der Waals surface area contributed by atoms with Crippen LogP contribution in [0.2, 0.25) is 0 Å². The van der Waals surface area contributed by atoms with E-state index < -0.39 is 9.84 Å². The maximum atomic E-state index is 12.3. The number of rotatable bonds is 4. The maximum Gasteiger partial charge on any atom is 0.257 e. The summed E-state index contributed by atoms with van der Waals surface area (Å²) >= 11 is 0. The summed E-state index contributed by atoms with van der Waals surface area (Å²) in [6.07, 6.45) is 2.13. The van der Waals surface area contributed by atoms with E-state index in [1.54, 1.807) is 15.8 Å². The van der Waals surface area contributed by atoms with Gasteiger partial charge >= 0.3 is 0 Å². The molecule has 1 atom stereocenters. The molecular weight excluding hydrogens is 278 g/mol. The summed E-state index contributed by atoms with van der Waals surface area (Å²) in [7, 11) is -2.95. The van der Waals surface area contributed by atoms with Gasteiger partial charge in [-0.3, -0.25) is 9.48 Å². The van der Waals surface area contributed by atoms with Gasteiger partial charge in [0, 0.05) is 18.8 Å². The first kappa shape index (κ1) is 15.0. The van der Waals surface area contributed by atoms with Crippen LogP contribution in [0.1, 0.15) is 42.4 Å².